The van der Waals surface area contributed by atoms with Gasteiger partial charge in [-0.3, -0.25) is 14.5 Å². The van der Waals surface area contributed by atoms with E-state index in [-0.39, 0.29) is 29.7 Å². The van der Waals surface area contributed by atoms with Crippen LogP contribution in [-0.4, -0.2) is 60.4 Å². The molecular weight excluding hydrogens is 365 g/mol. The number of anilines is 1. The predicted octanol–water partition coefficient (Wildman–Crippen LogP) is 2.38. The van der Waals surface area contributed by atoms with Crippen molar-refractivity contribution in [2.75, 3.05) is 38.1 Å². The van der Waals surface area contributed by atoms with Crippen molar-refractivity contribution in [3.8, 4) is 0 Å². The second kappa shape index (κ2) is 7.05. The molecule has 3 heterocycles. The maximum Gasteiger partial charge on any atom is 0.241 e. The molecule has 5 nitrogen and oxygen atoms in total. The Morgan fingerprint density at radius 3 is 2.85 bits per heavy atom. The maximum atomic E-state index is 13.6. The van der Waals surface area contributed by atoms with Crippen LogP contribution in [0.15, 0.2) is 41.8 Å². The van der Waals surface area contributed by atoms with Gasteiger partial charge in [-0.15, -0.1) is 11.3 Å². The van der Waals surface area contributed by atoms with E-state index in [1.807, 2.05) is 29.5 Å². The maximum absolute atomic E-state index is 13.6. The minimum Gasteiger partial charge on any atom is -0.340 e. The number of rotatable bonds is 3. The molecule has 1 spiro atoms. The fourth-order valence-electron chi connectivity index (χ4n) is 4.02. The molecule has 2 saturated heterocycles. The first-order valence-corrected chi connectivity index (χ1v) is 9.92. The van der Waals surface area contributed by atoms with Crippen LogP contribution in [-0.2, 0) is 16.0 Å². The number of carbonyl (C=O) groups is 2. The highest BCUT2D eigenvalue weighted by Gasteiger charge is 2.48. The van der Waals surface area contributed by atoms with E-state index in [1.165, 1.54) is 12.1 Å². The van der Waals surface area contributed by atoms with Crippen LogP contribution in [0.3, 0.4) is 0 Å². The summed E-state index contributed by atoms with van der Waals surface area (Å²) in [7, 11) is 1.94. The molecule has 7 heteroatoms. The molecule has 2 fully saturated rings. The molecule has 0 saturated carbocycles. The van der Waals surface area contributed by atoms with E-state index in [2.05, 4.69) is 4.90 Å². The third-order valence-corrected chi connectivity index (χ3v) is 6.52. The molecular formula is C20H22FN3O2S. The Balaban J connectivity index is 1.51. The fourth-order valence-corrected chi connectivity index (χ4v) is 4.72. The molecule has 1 aromatic heterocycles. The number of amides is 2. The van der Waals surface area contributed by atoms with Crippen molar-refractivity contribution in [1.29, 1.82) is 0 Å². The van der Waals surface area contributed by atoms with Crippen LogP contribution < -0.4 is 4.90 Å². The minimum atomic E-state index is -0.354. The van der Waals surface area contributed by atoms with E-state index in [4.69, 9.17) is 0 Å². The lowest BCUT2D eigenvalue weighted by Crippen LogP contribution is -2.64. The molecule has 1 unspecified atom stereocenters. The Bertz CT molecular complexity index is 857. The standard InChI is InChI=1S/C20H22FN3O2S/c1-22-12-19(26)24(16-5-2-4-15(21)10-16)14-20(22)7-8-23(13-20)18(25)11-17-6-3-9-27-17/h2-6,9-10H,7-8,11-14H2,1H3. The molecule has 0 aliphatic carbocycles. The largest absolute Gasteiger partial charge is 0.340 e. The summed E-state index contributed by atoms with van der Waals surface area (Å²) in [5, 5.41) is 1.98. The third-order valence-electron chi connectivity index (χ3n) is 5.65. The number of carbonyl (C=O) groups excluding carboxylic acids is 2. The van der Waals surface area contributed by atoms with Gasteiger partial charge in [0.15, 0.2) is 0 Å². The smallest absolute Gasteiger partial charge is 0.241 e. The molecule has 27 heavy (non-hydrogen) atoms. The topological polar surface area (TPSA) is 43.9 Å². The van der Waals surface area contributed by atoms with Gasteiger partial charge >= 0.3 is 0 Å². The molecule has 142 valence electrons. The van der Waals surface area contributed by atoms with Crippen LogP contribution in [0.25, 0.3) is 0 Å². The van der Waals surface area contributed by atoms with E-state index in [9.17, 15) is 14.0 Å². The van der Waals surface area contributed by atoms with Gasteiger partial charge in [0.05, 0.1) is 18.5 Å². The van der Waals surface area contributed by atoms with E-state index < -0.39 is 0 Å². The zero-order valence-corrected chi connectivity index (χ0v) is 16.0. The SMILES string of the molecule is CN1CC(=O)N(c2cccc(F)c2)CC12CCN(C(=O)Cc1cccs1)C2. The van der Waals surface area contributed by atoms with Crippen LogP contribution in [0.2, 0.25) is 0 Å². The molecule has 0 radical (unpaired) electrons. The first kappa shape index (κ1) is 18.1. The highest BCUT2D eigenvalue weighted by molar-refractivity contribution is 7.10. The molecule has 0 N–H and O–H groups in total. The Morgan fingerprint density at radius 2 is 2.11 bits per heavy atom. The molecule has 2 aliphatic rings. The monoisotopic (exact) mass is 387 g/mol. The number of piperazine rings is 1. The van der Waals surface area contributed by atoms with Crippen molar-refractivity contribution >= 4 is 28.8 Å². The van der Waals surface area contributed by atoms with Crippen molar-refractivity contribution in [3.05, 3.63) is 52.5 Å². The van der Waals surface area contributed by atoms with Crippen LogP contribution in [0.1, 0.15) is 11.3 Å². The summed E-state index contributed by atoms with van der Waals surface area (Å²) >= 11 is 1.59. The molecule has 1 atom stereocenters. The summed E-state index contributed by atoms with van der Waals surface area (Å²) in [4.78, 5) is 31.9. The summed E-state index contributed by atoms with van der Waals surface area (Å²) in [6, 6.07) is 10.1. The second-order valence-electron chi connectivity index (χ2n) is 7.36. The normalized spacial score (nSPS) is 23.4. The number of thiophene rings is 1. The van der Waals surface area contributed by atoms with Gasteiger partial charge in [-0.2, -0.15) is 0 Å². The van der Waals surface area contributed by atoms with Crippen molar-refractivity contribution in [2.24, 2.45) is 0 Å². The minimum absolute atomic E-state index is 0.0444. The van der Waals surface area contributed by atoms with Gasteiger partial charge in [-0.1, -0.05) is 12.1 Å². The molecule has 2 aliphatic heterocycles. The predicted molar refractivity (Wildman–Crippen MR) is 103 cm³/mol. The average Bonchev–Trinajstić information content (AvgIpc) is 3.29. The number of hydrogen-bond acceptors (Lipinski definition) is 4. The van der Waals surface area contributed by atoms with E-state index in [0.717, 1.165) is 11.3 Å². The Hall–Kier alpha value is -2.25. The second-order valence-corrected chi connectivity index (χ2v) is 8.39. The van der Waals surface area contributed by atoms with Crippen LogP contribution in [0.5, 0.6) is 0 Å². The lowest BCUT2D eigenvalue weighted by molar-refractivity contribution is -0.130. The first-order valence-electron chi connectivity index (χ1n) is 9.04. The number of hydrogen-bond donors (Lipinski definition) is 0. The number of likely N-dealkylation sites (N-methyl/N-ethyl adjacent to an activating group) is 1. The van der Waals surface area contributed by atoms with Gasteiger partial charge in [-0.25, -0.2) is 4.39 Å². The van der Waals surface area contributed by atoms with Crippen molar-refractivity contribution in [1.82, 2.24) is 9.80 Å². The van der Waals surface area contributed by atoms with E-state index in [0.29, 0.717) is 31.7 Å². The van der Waals surface area contributed by atoms with Gasteiger partial charge in [0.25, 0.3) is 0 Å². The zero-order valence-electron chi connectivity index (χ0n) is 15.2. The Labute approximate surface area is 162 Å². The van der Waals surface area contributed by atoms with Crippen molar-refractivity contribution in [3.63, 3.8) is 0 Å². The van der Waals surface area contributed by atoms with Crippen LogP contribution in [0.4, 0.5) is 10.1 Å². The molecule has 4 rings (SSSR count). The first-order chi connectivity index (χ1) is 13.0. The molecule has 0 bridgehead atoms. The van der Waals surface area contributed by atoms with Gasteiger partial charge in [-0.05, 0) is 43.1 Å². The highest BCUT2D eigenvalue weighted by Crippen LogP contribution is 2.34. The fraction of sp³-hybridized carbons (Fsp3) is 0.400. The number of benzene rings is 1. The summed E-state index contributed by atoms with van der Waals surface area (Å²) in [6.07, 6.45) is 1.22. The summed E-state index contributed by atoms with van der Waals surface area (Å²) in [6.45, 7) is 2.00. The molecule has 2 aromatic rings. The van der Waals surface area contributed by atoms with Crippen molar-refractivity contribution < 1.29 is 14.0 Å². The van der Waals surface area contributed by atoms with Crippen molar-refractivity contribution in [2.45, 2.75) is 18.4 Å². The average molecular weight is 387 g/mol. The van der Waals surface area contributed by atoms with Crippen LogP contribution in [0, 0.1) is 5.82 Å². The summed E-state index contributed by atoms with van der Waals surface area (Å²) < 4.78 is 13.6. The van der Waals surface area contributed by atoms with E-state index >= 15 is 0 Å². The Kier molecular flexibility index (Phi) is 4.74. The molecule has 1 aromatic carbocycles. The lowest BCUT2D eigenvalue weighted by atomic mass is 9.92. The quantitative estimate of drug-likeness (QED) is 0.812. The van der Waals surface area contributed by atoms with Gasteiger partial charge < -0.3 is 9.80 Å². The number of nitrogens with zero attached hydrogens (tertiary/aromatic N) is 3. The van der Waals surface area contributed by atoms with Gasteiger partial charge in [0, 0.05) is 30.2 Å². The third kappa shape index (κ3) is 3.49. The molecule has 2 amide bonds. The highest BCUT2D eigenvalue weighted by atomic mass is 32.1. The summed E-state index contributed by atoms with van der Waals surface area (Å²) in [5.41, 5.74) is 0.293. The Morgan fingerprint density at radius 1 is 1.26 bits per heavy atom. The van der Waals surface area contributed by atoms with Gasteiger partial charge in [0.1, 0.15) is 5.82 Å². The van der Waals surface area contributed by atoms with Gasteiger partial charge in [0.2, 0.25) is 11.8 Å². The lowest BCUT2D eigenvalue weighted by Gasteiger charge is -2.46. The summed E-state index contributed by atoms with van der Waals surface area (Å²) in [5.74, 6) is -0.276. The van der Waals surface area contributed by atoms with Crippen LogP contribution >= 0.6 is 11.3 Å². The number of likely N-dealkylation sites (tertiary alicyclic amines) is 1. The zero-order chi connectivity index (χ0) is 19.0. The number of halogens is 1. The van der Waals surface area contributed by atoms with E-state index in [1.54, 1.807) is 28.4 Å².